The molecule has 216 valence electrons. The molecule has 3 aromatic rings. The minimum Gasteiger partial charge on any atom is -0.496 e. The van der Waals surface area contributed by atoms with Gasteiger partial charge in [0.15, 0.2) is 5.76 Å². The van der Waals surface area contributed by atoms with E-state index >= 15 is 0 Å². The van der Waals surface area contributed by atoms with Crippen LogP contribution in [0.15, 0.2) is 34.9 Å². The summed E-state index contributed by atoms with van der Waals surface area (Å²) in [5.74, 6) is -0.385. The predicted molar refractivity (Wildman–Crippen MR) is 128 cm³/mol. The van der Waals surface area contributed by atoms with Crippen LogP contribution in [0.2, 0.25) is 0 Å². The monoisotopic (exact) mass is 574 g/mol. The molecule has 0 aliphatic carbocycles. The molecular weight excluding hydrogens is 549 g/mol. The van der Waals surface area contributed by atoms with Crippen LogP contribution in [0.25, 0.3) is 11.3 Å². The van der Waals surface area contributed by atoms with Crippen LogP contribution in [-0.4, -0.2) is 29.3 Å². The molecule has 0 N–H and O–H groups in total. The van der Waals surface area contributed by atoms with Crippen molar-refractivity contribution in [1.82, 2.24) is 10.1 Å². The summed E-state index contributed by atoms with van der Waals surface area (Å²) in [7, 11) is 1.34. The molecule has 1 amide bonds. The van der Waals surface area contributed by atoms with Gasteiger partial charge >= 0.3 is 18.4 Å². The molecule has 2 atom stereocenters. The molecule has 0 radical (unpaired) electrons. The molecular formula is C27H25F7N2O4. The lowest BCUT2D eigenvalue weighted by molar-refractivity contribution is -0.143. The number of ether oxygens (including phenoxy) is 2. The fourth-order valence-electron chi connectivity index (χ4n) is 4.62. The van der Waals surface area contributed by atoms with Gasteiger partial charge in [-0.05, 0) is 55.2 Å². The van der Waals surface area contributed by atoms with Crippen LogP contribution in [0.1, 0.15) is 66.3 Å². The lowest BCUT2D eigenvalue weighted by atomic mass is 9.96. The van der Waals surface area contributed by atoms with E-state index in [9.17, 15) is 35.5 Å². The topological polar surface area (TPSA) is 64.8 Å². The number of benzene rings is 2. The van der Waals surface area contributed by atoms with Gasteiger partial charge in [0.2, 0.25) is 0 Å². The fourth-order valence-corrected chi connectivity index (χ4v) is 4.62. The lowest BCUT2D eigenvalue weighted by Crippen LogP contribution is -2.31. The Hall–Kier alpha value is -3.77. The summed E-state index contributed by atoms with van der Waals surface area (Å²) in [6, 6.07) is 2.86. The molecule has 6 nitrogen and oxygen atoms in total. The van der Waals surface area contributed by atoms with Gasteiger partial charge in [0, 0.05) is 11.6 Å². The maximum absolute atomic E-state index is 14.6. The molecule has 0 saturated carbocycles. The molecule has 1 saturated heterocycles. The molecule has 0 bridgehead atoms. The first kappa shape index (κ1) is 29.2. The van der Waals surface area contributed by atoms with Gasteiger partial charge in [0.05, 0.1) is 42.1 Å². The summed E-state index contributed by atoms with van der Waals surface area (Å²) in [4.78, 5) is 14.0. The number of aromatic nitrogens is 1. The SMILES string of the molecule is COc1cc(F)c(C(C)C)cc1-c1onc(C)c1CN1C(=O)O[C@H](c2cc(C(F)(F)F)cc(C(F)(F)F)c2)[C@@H]1C. The van der Waals surface area contributed by atoms with Gasteiger partial charge in [-0.25, -0.2) is 9.18 Å². The van der Waals surface area contributed by atoms with E-state index in [0.717, 1.165) is 4.90 Å². The predicted octanol–water partition coefficient (Wildman–Crippen LogP) is 8.04. The van der Waals surface area contributed by atoms with Crippen LogP contribution < -0.4 is 4.74 Å². The molecule has 0 spiro atoms. The summed E-state index contributed by atoms with van der Waals surface area (Å²) in [6.07, 6.45) is -12.5. The van der Waals surface area contributed by atoms with E-state index in [0.29, 0.717) is 34.5 Å². The molecule has 4 rings (SSSR count). The van der Waals surface area contributed by atoms with Crippen molar-refractivity contribution >= 4 is 6.09 Å². The third kappa shape index (κ3) is 5.46. The Morgan fingerprint density at radius 1 is 1.02 bits per heavy atom. The largest absolute Gasteiger partial charge is 0.496 e. The van der Waals surface area contributed by atoms with E-state index in [1.807, 2.05) is 0 Å². The fraction of sp³-hybridized carbons (Fsp3) is 0.407. The minimum absolute atomic E-state index is 0.0109. The zero-order valence-corrected chi connectivity index (χ0v) is 22.0. The molecule has 40 heavy (non-hydrogen) atoms. The van der Waals surface area contributed by atoms with Crippen LogP contribution >= 0.6 is 0 Å². The number of carbonyl (C=O) groups is 1. The maximum Gasteiger partial charge on any atom is 0.416 e. The second-order valence-electron chi connectivity index (χ2n) is 9.82. The third-order valence-corrected chi connectivity index (χ3v) is 6.83. The van der Waals surface area contributed by atoms with Crippen molar-refractivity contribution in [3.8, 4) is 17.1 Å². The maximum atomic E-state index is 14.6. The van der Waals surface area contributed by atoms with Gasteiger partial charge in [-0.3, -0.25) is 4.90 Å². The van der Waals surface area contributed by atoms with Crippen molar-refractivity contribution in [3.63, 3.8) is 0 Å². The number of cyclic esters (lactones) is 1. The highest BCUT2D eigenvalue weighted by atomic mass is 19.4. The summed E-state index contributed by atoms with van der Waals surface area (Å²) in [5, 5.41) is 3.96. The first-order chi connectivity index (χ1) is 18.5. The van der Waals surface area contributed by atoms with Crippen LogP contribution in [0.4, 0.5) is 35.5 Å². The number of alkyl halides is 6. The Morgan fingerprint density at radius 3 is 2.15 bits per heavy atom. The summed E-state index contributed by atoms with van der Waals surface area (Å²) < 4.78 is 111. The summed E-state index contributed by atoms with van der Waals surface area (Å²) >= 11 is 0. The van der Waals surface area contributed by atoms with Gasteiger partial charge in [-0.1, -0.05) is 19.0 Å². The molecule has 1 fully saturated rings. The number of methoxy groups -OCH3 is 1. The van der Waals surface area contributed by atoms with Crippen LogP contribution in [0.5, 0.6) is 5.75 Å². The lowest BCUT2D eigenvalue weighted by Gasteiger charge is -2.22. The molecule has 1 aliphatic rings. The van der Waals surface area contributed by atoms with E-state index in [1.165, 1.54) is 26.2 Å². The second kappa shape index (κ2) is 10.3. The number of amides is 1. The van der Waals surface area contributed by atoms with E-state index in [2.05, 4.69) is 5.16 Å². The average molecular weight is 574 g/mol. The highest BCUT2D eigenvalue weighted by molar-refractivity contribution is 5.74. The Morgan fingerprint density at radius 2 is 1.62 bits per heavy atom. The van der Waals surface area contributed by atoms with Gasteiger partial charge in [-0.15, -0.1) is 0 Å². The number of carbonyl (C=O) groups excluding carboxylic acids is 1. The van der Waals surface area contributed by atoms with Crippen LogP contribution in [-0.2, 0) is 23.6 Å². The molecule has 0 unspecified atom stereocenters. The molecule has 1 aliphatic heterocycles. The average Bonchev–Trinajstić information content (AvgIpc) is 3.36. The summed E-state index contributed by atoms with van der Waals surface area (Å²) in [6.45, 7) is 6.42. The Bertz CT molecular complexity index is 1400. The number of hydrogen-bond acceptors (Lipinski definition) is 5. The van der Waals surface area contributed by atoms with Crippen molar-refractivity contribution in [2.24, 2.45) is 0 Å². The molecule has 13 heteroatoms. The highest BCUT2D eigenvalue weighted by Gasteiger charge is 2.44. The number of nitrogens with zero attached hydrogens (tertiary/aromatic N) is 2. The number of rotatable bonds is 6. The van der Waals surface area contributed by atoms with Crippen molar-refractivity contribution in [2.45, 2.75) is 64.7 Å². The van der Waals surface area contributed by atoms with Gasteiger partial charge in [0.1, 0.15) is 17.7 Å². The van der Waals surface area contributed by atoms with E-state index < -0.39 is 53.1 Å². The zero-order valence-electron chi connectivity index (χ0n) is 22.0. The highest BCUT2D eigenvalue weighted by Crippen LogP contribution is 2.43. The summed E-state index contributed by atoms with van der Waals surface area (Å²) in [5.41, 5.74) is -2.02. The Kier molecular flexibility index (Phi) is 7.54. The van der Waals surface area contributed by atoms with Crippen molar-refractivity contribution in [2.75, 3.05) is 7.11 Å². The third-order valence-electron chi connectivity index (χ3n) is 6.83. The van der Waals surface area contributed by atoms with Crippen molar-refractivity contribution in [1.29, 1.82) is 0 Å². The molecule has 2 aromatic carbocycles. The van der Waals surface area contributed by atoms with E-state index in [1.54, 1.807) is 20.8 Å². The van der Waals surface area contributed by atoms with Gasteiger partial charge in [-0.2, -0.15) is 26.3 Å². The first-order valence-electron chi connectivity index (χ1n) is 12.1. The van der Waals surface area contributed by atoms with E-state index in [-0.39, 0.29) is 30.0 Å². The minimum atomic E-state index is -5.06. The molecule has 1 aromatic heterocycles. The number of hydrogen-bond donors (Lipinski definition) is 0. The van der Waals surface area contributed by atoms with Crippen molar-refractivity contribution < 1.29 is 49.5 Å². The zero-order chi connectivity index (χ0) is 29.7. The normalized spacial score (nSPS) is 18.0. The van der Waals surface area contributed by atoms with Crippen molar-refractivity contribution in [3.05, 3.63) is 69.7 Å². The Balaban J connectivity index is 1.72. The number of aryl methyl sites for hydroxylation is 1. The van der Waals surface area contributed by atoms with Gasteiger partial charge < -0.3 is 14.0 Å². The molecule has 2 heterocycles. The Labute approximate surface area is 224 Å². The quantitative estimate of drug-likeness (QED) is 0.279. The van der Waals surface area contributed by atoms with Gasteiger partial charge in [0.25, 0.3) is 0 Å². The number of halogens is 7. The second-order valence-corrected chi connectivity index (χ2v) is 9.82. The standard InChI is InChI=1S/C27H25F7N2O4/c1-12(2)18-9-19(22(38-5)10-21(18)28)24-20(13(3)35-40-24)11-36-14(4)23(39-25(36)37)15-6-16(26(29,30)31)8-17(7-15)27(32,33)34/h6-10,12,14,23H,11H2,1-5H3/t14-,23-/m0/s1. The smallest absolute Gasteiger partial charge is 0.416 e. The van der Waals surface area contributed by atoms with Crippen LogP contribution in [0, 0.1) is 12.7 Å². The van der Waals surface area contributed by atoms with E-state index in [4.69, 9.17) is 14.0 Å². The first-order valence-corrected chi connectivity index (χ1v) is 12.1. The van der Waals surface area contributed by atoms with Crippen LogP contribution in [0.3, 0.4) is 0 Å².